The number of hydrogen-bond acceptors (Lipinski definition) is 9. The Kier molecular flexibility index (Phi) is 7.25. The average Bonchev–Trinajstić information content (AvgIpc) is 2.95. The van der Waals surface area contributed by atoms with Crippen molar-refractivity contribution in [3.63, 3.8) is 0 Å². The summed E-state index contributed by atoms with van der Waals surface area (Å²) in [5.41, 5.74) is 1.97. The molecule has 0 saturated heterocycles. The van der Waals surface area contributed by atoms with Crippen LogP contribution in [0.5, 0.6) is 17.2 Å². The molecule has 0 fully saturated rings. The number of nitrogens with zero attached hydrogens (tertiary/aromatic N) is 2. The highest BCUT2D eigenvalue weighted by Gasteiger charge is 2.22. The predicted octanol–water partition coefficient (Wildman–Crippen LogP) is 5.78. The fraction of sp³-hybridized carbons (Fsp3) is 0.0714. The van der Waals surface area contributed by atoms with Crippen LogP contribution in [0.4, 0.5) is 33.1 Å². The maximum atomic E-state index is 13.9. The number of halogens is 1. The van der Waals surface area contributed by atoms with Gasteiger partial charge in [-0.3, -0.25) is 4.72 Å². The Morgan fingerprint density at radius 3 is 2.02 bits per heavy atom. The summed E-state index contributed by atoms with van der Waals surface area (Å²) >= 11 is 0. The van der Waals surface area contributed by atoms with Gasteiger partial charge in [0, 0.05) is 35.6 Å². The largest absolute Gasteiger partial charge is 0.505 e. The van der Waals surface area contributed by atoms with Crippen molar-refractivity contribution in [3.8, 4) is 17.2 Å². The van der Waals surface area contributed by atoms with E-state index >= 15 is 0 Å². The minimum atomic E-state index is -4.24. The Labute approximate surface area is 229 Å². The lowest BCUT2D eigenvalue weighted by atomic mass is 10.2. The van der Waals surface area contributed by atoms with Crippen LogP contribution in [0, 0.1) is 5.82 Å². The third kappa shape index (κ3) is 5.66. The van der Waals surface area contributed by atoms with Gasteiger partial charge >= 0.3 is 0 Å². The summed E-state index contributed by atoms with van der Waals surface area (Å²) < 4.78 is 54.5. The minimum absolute atomic E-state index is 0.0500. The van der Waals surface area contributed by atoms with Gasteiger partial charge in [-0.15, -0.1) is 0 Å². The molecule has 5 rings (SSSR count). The fourth-order valence-corrected chi connectivity index (χ4v) is 5.07. The molecule has 1 aromatic heterocycles. The predicted molar refractivity (Wildman–Crippen MR) is 151 cm³/mol. The first-order chi connectivity index (χ1) is 19.3. The van der Waals surface area contributed by atoms with Crippen molar-refractivity contribution in [1.29, 1.82) is 0 Å². The van der Waals surface area contributed by atoms with Gasteiger partial charge in [-0.25, -0.2) is 22.8 Å². The molecule has 0 aliphatic rings. The van der Waals surface area contributed by atoms with Gasteiger partial charge in [-0.2, -0.15) is 0 Å². The van der Waals surface area contributed by atoms with E-state index in [1.54, 1.807) is 54.6 Å². The number of ether oxygens (including phenoxy) is 2. The molecule has 0 atom stereocenters. The smallest absolute Gasteiger partial charge is 0.265 e. The van der Waals surface area contributed by atoms with Crippen LogP contribution in [0.25, 0.3) is 11.0 Å². The number of aromatic nitrogens is 2. The first-order valence-corrected chi connectivity index (χ1v) is 13.4. The second-order valence-corrected chi connectivity index (χ2v) is 10.2. The van der Waals surface area contributed by atoms with Crippen molar-refractivity contribution < 1.29 is 27.4 Å². The molecule has 4 N–H and O–H groups in total. The summed E-state index contributed by atoms with van der Waals surface area (Å²) in [6, 6.07) is 21.9. The number of anilines is 5. The van der Waals surface area contributed by atoms with Crippen LogP contribution < -0.4 is 24.8 Å². The molecule has 0 aliphatic carbocycles. The number of sulfonamides is 1. The van der Waals surface area contributed by atoms with Crippen molar-refractivity contribution >= 4 is 49.8 Å². The molecule has 0 amide bonds. The molecule has 4 aromatic carbocycles. The maximum absolute atomic E-state index is 13.9. The van der Waals surface area contributed by atoms with Gasteiger partial charge in [0.15, 0.2) is 23.2 Å². The van der Waals surface area contributed by atoms with Gasteiger partial charge in [0.1, 0.15) is 16.4 Å². The van der Waals surface area contributed by atoms with Crippen LogP contribution in [-0.4, -0.2) is 37.7 Å². The van der Waals surface area contributed by atoms with Crippen LogP contribution >= 0.6 is 0 Å². The Balaban J connectivity index is 1.54. The molecule has 0 radical (unpaired) electrons. The van der Waals surface area contributed by atoms with E-state index in [0.717, 1.165) is 6.07 Å². The minimum Gasteiger partial charge on any atom is -0.505 e. The maximum Gasteiger partial charge on any atom is 0.265 e. The molecular weight excluding hydrogens is 537 g/mol. The van der Waals surface area contributed by atoms with Gasteiger partial charge in [-0.05, 0) is 36.4 Å². The molecule has 40 heavy (non-hydrogen) atoms. The number of aromatic hydroxyl groups is 1. The number of benzene rings is 4. The molecule has 10 nitrogen and oxygen atoms in total. The molecule has 0 bridgehead atoms. The monoisotopic (exact) mass is 561 g/mol. The van der Waals surface area contributed by atoms with E-state index in [1.807, 2.05) is 0 Å². The highest BCUT2D eigenvalue weighted by atomic mass is 32.2. The first kappa shape index (κ1) is 26.5. The van der Waals surface area contributed by atoms with E-state index < -0.39 is 21.6 Å². The lowest BCUT2D eigenvalue weighted by Crippen LogP contribution is -2.17. The number of fused-ring (bicyclic) bond motifs is 1. The molecule has 5 aromatic rings. The lowest BCUT2D eigenvalue weighted by Gasteiger charge is -2.17. The topological polar surface area (TPSA) is 135 Å². The average molecular weight is 562 g/mol. The molecule has 0 saturated carbocycles. The van der Waals surface area contributed by atoms with E-state index in [1.165, 1.54) is 38.5 Å². The summed E-state index contributed by atoms with van der Waals surface area (Å²) in [5, 5.41) is 15.5. The number of nitrogens with one attached hydrogen (secondary N) is 3. The third-order valence-electron chi connectivity index (χ3n) is 5.82. The van der Waals surface area contributed by atoms with Crippen LogP contribution in [0.2, 0.25) is 0 Å². The summed E-state index contributed by atoms with van der Waals surface area (Å²) in [4.78, 5) is 9.01. The Morgan fingerprint density at radius 1 is 0.750 bits per heavy atom. The number of para-hydroxylation sites is 3. The standard InChI is InChI=1S/C28H24FN5O5S/c1-38-19-13-18(14-20(16-19)39-2)31-27-28(33-23-8-4-3-7-22(23)32-27)34-40(36,37)26-10-6-5-9-24(26)30-17-11-12-25(35)21(29)15-17/h3-16,30,35H,1-2H3,(H,31,32)(H,33,34). The van der Waals surface area contributed by atoms with Crippen molar-refractivity contribution in [3.05, 3.63) is 90.7 Å². The van der Waals surface area contributed by atoms with Crippen LogP contribution in [0.1, 0.15) is 0 Å². The van der Waals surface area contributed by atoms with E-state index in [2.05, 4.69) is 25.3 Å². The fourth-order valence-electron chi connectivity index (χ4n) is 3.90. The second-order valence-electron chi connectivity index (χ2n) is 8.53. The highest BCUT2D eigenvalue weighted by Crippen LogP contribution is 2.33. The summed E-state index contributed by atoms with van der Waals surface area (Å²) in [6.45, 7) is 0. The quantitative estimate of drug-likeness (QED) is 0.165. The summed E-state index contributed by atoms with van der Waals surface area (Å²) in [6.07, 6.45) is 0. The molecule has 0 spiro atoms. The summed E-state index contributed by atoms with van der Waals surface area (Å²) in [7, 11) is -1.20. The Bertz CT molecular complexity index is 1790. The Morgan fingerprint density at radius 2 is 1.38 bits per heavy atom. The van der Waals surface area contributed by atoms with Crippen molar-refractivity contribution in [2.45, 2.75) is 4.90 Å². The normalized spacial score (nSPS) is 11.2. The van der Waals surface area contributed by atoms with Crippen LogP contribution in [-0.2, 0) is 10.0 Å². The molecule has 12 heteroatoms. The van der Waals surface area contributed by atoms with Gasteiger partial charge in [-0.1, -0.05) is 24.3 Å². The highest BCUT2D eigenvalue weighted by molar-refractivity contribution is 7.92. The summed E-state index contributed by atoms with van der Waals surface area (Å²) in [5.74, 6) is -0.238. The van der Waals surface area contributed by atoms with E-state index in [-0.39, 0.29) is 27.9 Å². The second kappa shape index (κ2) is 10.9. The molecule has 1 heterocycles. The SMILES string of the molecule is COc1cc(Nc2nc3ccccc3nc2NS(=O)(=O)c2ccccc2Nc2ccc(O)c(F)c2)cc(OC)c1. The van der Waals surface area contributed by atoms with E-state index in [9.17, 15) is 17.9 Å². The zero-order chi connectivity index (χ0) is 28.3. The molecular formula is C28H24FN5O5S. The molecule has 204 valence electrons. The van der Waals surface area contributed by atoms with E-state index in [0.29, 0.717) is 28.2 Å². The zero-order valence-corrected chi connectivity index (χ0v) is 22.2. The van der Waals surface area contributed by atoms with Gasteiger partial charge in [0.05, 0.1) is 30.9 Å². The molecule has 0 aliphatic heterocycles. The lowest BCUT2D eigenvalue weighted by molar-refractivity contribution is 0.395. The van der Waals surface area contributed by atoms with Crippen molar-refractivity contribution in [2.75, 3.05) is 29.6 Å². The molecule has 0 unspecified atom stereocenters. The number of rotatable bonds is 9. The number of phenolic OH excluding ortho intramolecular Hbond substituents is 1. The third-order valence-corrected chi connectivity index (χ3v) is 7.22. The van der Waals surface area contributed by atoms with Crippen LogP contribution in [0.3, 0.4) is 0 Å². The Hall–Kier alpha value is -5.10. The first-order valence-electron chi connectivity index (χ1n) is 11.9. The number of methoxy groups -OCH3 is 2. The van der Waals surface area contributed by atoms with Gasteiger partial charge in [0.2, 0.25) is 0 Å². The number of hydrogen-bond donors (Lipinski definition) is 4. The van der Waals surface area contributed by atoms with Crippen molar-refractivity contribution in [2.24, 2.45) is 0 Å². The number of phenols is 1. The zero-order valence-electron chi connectivity index (χ0n) is 21.3. The van der Waals surface area contributed by atoms with Gasteiger partial charge in [0.25, 0.3) is 10.0 Å². The van der Waals surface area contributed by atoms with Gasteiger partial charge < -0.3 is 25.2 Å². The van der Waals surface area contributed by atoms with Crippen LogP contribution in [0.15, 0.2) is 89.8 Å². The van der Waals surface area contributed by atoms with Crippen molar-refractivity contribution in [1.82, 2.24) is 9.97 Å². The van der Waals surface area contributed by atoms with E-state index in [4.69, 9.17) is 9.47 Å².